The standard InChI is InChI=1S/C7H13IO2.C7H12O2.C6H10O2.C5H9IO2.C4H8O2.C3H6O2.C3H4/c1-6(8)4-7(10-3)5-9-2;1-3-4-5-7(8)6-9-2;1-3-4-6(7)5-8-2;1-4(6)2-5(8)3-7;1-5-2-4-3-6-4;4-1-3-2-5-3;1-3-2/h7H,1,4-5H2,2-3H3;7-8H,5-6H2,1-2H3;1,6-7H,4-5H2,2H3;5,7-8H,1-3H2;4H,2-3H2,1H3;3-4H,1-2H2;1H,2H3/t2*7-;6-;5-;4-;3-;/m111100./s1. The van der Waals surface area contributed by atoms with Crippen molar-refractivity contribution in [2.45, 2.75) is 76.2 Å². The molecule has 288 valence electrons. The van der Waals surface area contributed by atoms with Crippen molar-refractivity contribution in [3.8, 4) is 36.5 Å². The Kier molecular flexibility index (Phi) is 55.3. The van der Waals surface area contributed by atoms with Crippen LogP contribution in [0.1, 0.15) is 39.5 Å². The van der Waals surface area contributed by atoms with Crippen molar-refractivity contribution in [1.82, 2.24) is 0 Å². The van der Waals surface area contributed by atoms with Crippen LogP contribution in [0.2, 0.25) is 0 Å². The van der Waals surface area contributed by atoms with E-state index in [-0.39, 0.29) is 25.4 Å². The molecule has 0 bridgehead atoms. The number of hydrogen-bond donors (Lipinski definition) is 5. The van der Waals surface area contributed by atoms with E-state index in [0.717, 1.165) is 33.4 Å². The first-order chi connectivity index (χ1) is 23.3. The molecule has 2 aliphatic rings. The molecule has 0 aromatic heterocycles. The monoisotopic (exact) mass is 928 g/mol. The third-order valence-corrected chi connectivity index (χ3v) is 5.63. The lowest BCUT2D eigenvalue weighted by Crippen LogP contribution is -2.16. The molecule has 2 rings (SSSR count). The van der Waals surface area contributed by atoms with E-state index < -0.39 is 18.3 Å². The lowest BCUT2D eigenvalue weighted by atomic mass is 10.3. The lowest BCUT2D eigenvalue weighted by Gasteiger charge is -2.12. The van der Waals surface area contributed by atoms with E-state index in [1.165, 1.54) is 7.11 Å². The fourth-order valence-corrected chi connectivity index (χ4v) is 3.35. The second kappa shape index (κ2) is 47.1. The van der Waals surface area contributed by atoms with Crippen LogP contribution in [0.3, 0.4) is 0 Å². The van der Waals surface area contributed by atoms with Crippen molar-refractivity contribution in [2.24, 2.45) is 0 Å². The minimum absolute atomic E-state index is 0.161. The molecular formula is C35H62I2O12. The van der Waals surface area contributed by atoms with Crippen LogP contribution in [-0.4, -0.2) is 151 Å². The maximum Gasteiger partial charge on any atom is 0.104 e. The molecule has 0 spiro atoms. The number of aliphatic hydroxyl groups is 5. The van der Waals surface area contributed by atoms with Gasteiger partial charge in [0.1, 0.15) is 12.2 Å². The Morgan fingerprint density at radius 3 is 1.45 bits per heavy atom. The highest BCUT2D eigenvalue weighted by atomic mass is 127. The molecule has 0 aromatic rings. The third kappa shape index (κ3) is 66.0. The second-order valence-electron chi connectivity index (χ2n) is 9.69. The van der Waals surface area contributed by atoms with E-state index in [1.807, 2.05) is 22.6 Å². The van der Waals surface area contributed by atoms with E-state index in [1.54, 1.807) is 42.3 Å². The van der Waals surface area contributed by atoms with Crippen molar-refractivity contribution in [2.75, 3.05) is 88.4 Å². The minimum atomic E-state index is -0.626. The second-order valence-corrected chi connectivity index (χ2v) is 12.7. The Labute approximate surface area is 323 Å². The molecule has 5 N–H and O–H groups in total. The van der Waals surface area contributed by atoms with E-state index >= 15 is 0 Å². The Balaban J connectivity index is -0.000000157. The van der Waals surface area contributed by atoms with Gasteiger partial charge >= 0.3 is 0 Å². The summed E-state index contributed by atoms with van der Waals surface area (Å²) in [4.78, 5) is 0. The number of ether oxygens (including phenoxy) is 7. The SMILES string of the molecule is C#CC.C#CC[C@@H](O)COC.C=C(I)C[C@@H](O)CO.C=C(I)C[C@H](COC)OC.CC#CC[C@@H](O)COC.COC[C@H]1CO1.OC[C@H]1CO1. The van der Waals surface area contributed by atoms with Gasteiger partial charge in [-0.15, -0.1) is 36.5 Å². The molecule has 6 atom stereocenters. The first-order valence-corrected chi connectivity index (χ1v) is 17.3. The molecule has 0 aliphatic carbocycles. The first-order valence-electron chi connectivity index (χ1n) is 15.1. The summed E-state index contributed by atoms with van der Waals surface area (Å²) in [6.07, 6.45) is 10.9. The average Bonchev–Trinajstić information content (AvgIpc) is 3.98. The summed E-state index contributed by atoms with van der Waals surface area (Å²) >= 11 is 4.21. The predicted octanol–water partition coefficient (Wildman–Crippen LogP) is 3.14. The highest BCUT2D eigenvalue weighted by Crippen LogP contribution is 2.12. The number of epoxide rings is 2. The van der Waals surface area contributed by atoms with Crippen molar-refractivity contribution in [1.29, 1.82) is 0 Å². The molecule has 0 amide bonds. The van der Waals surface area contributed by atoms with Gasteiger partial charge in [-0.2, -0.15) is 0 Å². The van der Waals surface area contributed by atoms with Crippen molar-refractivity contribution >= 4 is 45.2 Å². The fraction of sp³-hybridized carbons (Fsp3) is 0.714. The van der Waals surface area contributed by atoms with Gasteiger partial charge in [0.15, 0.2) is 0 Å². The van der Waals surface area contributed by atoms with E-state index in [2.05, 4.69) is 80.1 Å². The van der Waals surface area contributed by atoms with Gasteiger partial charge in [-0.3, -0.25) is 0 Å². The molecule has 14 heteroatoms. The van der Waals surface area contributed by atoms with Gasteiger partial charge in [0.25, 0.3) is 0 Å². The van der Waals surface area contributed by atoms with Crippen LogP contribution < -0.4 is 0 Å². The van der Waals surface area contributed by atoms with Crippen LogP contribution in [0, 0.1) is 36.5 Å². The Morgan fingerprint density at radius 2 is 1.22 bits per heavy atom. The number of terminal acetylenes is 2. The van der Waals surface area contributed by atoms with E-state index in [0.29, 0.717) is 45.2 Å². The van der Waals surface area contributed by atoms with E-state index in [9.17, 15) is 0 Å². The molecule has 2 saturated heterocycles. The summed E-state index contributed by atoms with van der Waals surface area (Å²) in [6.45, 7) is 14.5. The normalized spacial score (nSPS) is 16.5. The quantitative estimate of drug-likeness (QED) is 0.0822. The van der Waals surface area contributed by atoms with Gasteiger partial charge in [0.2, 0.25) is 0 Å². The Bertz CT molecular complexity index is 859. The summed E-state index contributed by atoms with van der Waals surface area (Å²) in [5.41, 5.74) is 0. The smallest absolute Gasteiger partial charge is 0.104 e. The van der Waals surface area contributed by atoms with Gasteiger partial charge < -0.3 is 58.7 Å². The molecule has 49 heavy (non-hydrogen) atoms. The van der Waals surface area contributed by atoms with Gasteiger partial charge in [0, 0.05) is 61.2 Å². The highest BCUT2D eigenvalue weighted by Gasteiger charge is 2.21. The summed E-state index contributed by atoms with van der Waals surface area (Å²) < 4.78 is 35.5. The predicted molar refractivity (Wildman–Crippen MR) is 212 cm³/mol. The fourth-order valence-electron chi connectivity index (χ4n) is 2.35. The molecule has 2 heterocycles. The number of halogens is 2. The highest BCUT2D eigenvalue weighted by molar-refractivity contribution is 14.1. The molecule has 2 fully saturated rings. The number of rotatable bonds is 17. The largest absolute Gasteiger partial charge is 0.394 e. The molecule has 0 saturated carbocycles. The zero-order chi connectivity index (χ0) is 38.9. The van der Waals surface area contributed by atoms with Gasteiger partial charge in [-0.25, -0.2) is 0 Å². The zero-order valence-electron chi connectivity index (χ0n) is 30.4. The summed E-state index contributed by atoms with van der Waals surface area (Å²) in [7, 11) is 8.12. The zero-order valence-corrected chi connectivity index (χ0v) is 34.7. The number of methoxy groups -OCH3 is 5. The Hall–Kier alpha value is -0.860. The Morgan fingerprint density at radius 1 is 0.776 bits per heavy atom. The van der Waals surface area contributed by atoms with Crippen LogP contribution in [0.4, 0.5) is 0 Å². The molecule has 0 radical (unpaired) electrons. The molecule has 12 nitrogen and oxygen atoms in total. The maximum atomic E-state index is 8.95. The number of hydrogen-bond acceptors (Lipinski definition) is 12. The summed E-state index contributed by atoms with van der Waals surface area (Å²) in [6, 6.07) is 0. The van der Waals surface area contributed by atoms with Gasteiger partial charge in [0.05, 0.1) is 77.3 Å². The van der Waals surface area contributed by atoms with Gasteiger partial charge in [-0.05, 0) is 66.2 Å². The van der Waals surface area contributed by atoms with Crippen molar-refractivity contribution in [3.05, 3.63) is 20.3 Å². The minimum Gasteiger partial charge on any atom is -0.394 e. The summed E-state index contributed by atoms with van der Waals surface area (Å²) in [5, 5.41) is 42.8. The van der Waals surface area contributed by atoms with Crippen molar-refractivity contribution < 1.29 is 58.7 Å². The van der Waals surface area contributed by atoms with Crippen molar-refractivity contribution in [3.63, 3.8) is 0 Å². The summed E-state index contributed by atoms with van der Waals surface area (Å²) in [5.74, 6) is 10.0. The van der Waals surface area contributed by atoms with Crippen LogP contribution in [0.5, 0.6) is 0 Å². The van der Waals surface area contributed by atoms with Crippen LogP contribution in [0.25, 0.3) is 0 Å². The van der Waals surface area contributed by atoms with Crippen LogP contribution >= 0.6 is 45.2 Å². The van der Waals surface area contributed by atoms with Crippen LogP contribution in [-0.2, 0) is 33.2 Å². The van der Waals surface area contributed by atoms with Gasteiger partial charge in [-0.1, -0.05) is 13.2 Å². The molecule has 2 aliphatic heterocycles. The number of aliphatic hydroxyl groups excluding tert-OH is 5. The average molecular weight is 929 g/mol. The first kappa shape index (κ1) is 57.5. The third-order valence-electron chi connectivity index (χ3n) is 4.75. The molecular weight excluding hydrogens is 866 g/mol. The lowest BCUT2D eigenvalue weighted by molar-refractivity contribution is 0.0303. The topological polar surface area (TPSA) is 172 Å². The van der Waals surface area contributed by atoms with E-state index in [4.69, 9.17) is 50.9 Å². The maximum absolute atomic E-state index is 8.95. The van der Waals surface area contributed by atoms with Crippen LogP contribution in [0.15, 0.2) is 20.3 Å². The molecule has 0 unspecified atom stereocenters. The molecule has 0 aromatic carbocycles.